The van der Waals surface area contributed by atoms with Gasteiger partial charge in [-0.05, 0) is 86.1 Å². The highest BCUT2D eigenvalue weighted by molar-refractivity contribution is 5.86. The van der Waals surface area contributed by atoms with Crippen LogP contribution >= 0.6 is 0 Å². The number of ether oxygens (including phenoxy) is 2. The molecule has 3 atom stereocenters. The molecule has 0 spiro atoms. The van der Waals surface area contributed by atoms with Crippen LogP contribution in [-0.2, 0) is 22.3 Å². The van der Waals surface area contributed by atoms with Crippen LogP contribution in [0.2, 0.25) is 0 Å². The molecule has 3 aliphatic rings. The van der Waals surface area contributed by atoms with Gasteiger partial charge in [-0.1, -0.05) is 0 Å². The van der Waals surface area contributed by atoms with Crippen LogP contribution < -0.4 is 10.1 Å². The summed E-state index contributed by atoms with van der Waals surface area (Å²) in [6, 6.07) is 8.36. The summed E-state index contributed by atoms with van der Waals surface area (Å²) >= 11 is 0. The van der Waals surface area contributed by atoms with E-state index in [0.717, 1.165) is 44.4 Å². The molecule has 1 N–H and O–H groups in total. The van der Waals surface area contributed by atoms with Gasteiger partial charge in [-0.3, -0.25) is 9.69 Å². The first-order valence-electron chi connectivity index (χ1n) is 12.6. The van der Waals surface area contributed by atoms with Crippen molar-refractivity contribution < 1.29 is 36.2 Å². The number of amides is 1. The molecule has 0 aromatic heterocycles. The molecule has 3 fully saturated rings. The Morgan fingerprint density at radius 1 is 1.05 bits per heavy atom. The summed E-state index contributed by atoms with van der Waals surface area (Å²) in [5.41, 5.74) is -2.05. The number of carbonyl (C=O) groups excluding carboxylic acids is 1. The van der Waals surface area contributed by atoms with Gasteiger partial charge in [0.05, 0.1) is 12.2 Å². The van der Waals surface area contributed by atoms with Crippen LogP contribution in [0.1, 0.15) is 43.2 Å². The van der Waals surface area contributed by atoms with Gasteiger partial charge in [0, 0.05) is 25.7 Å². The van der Waals surface area contributed by atoms with E-state index >= 15 is 0 Å². The van der Waals surface area contributed by atoms with Gasteiger partial charge < -0.3 is 14.8 Å². The Morgan fingerprint density at radius 2 is 1.81 bits per heavy atom. The molecule has 5 nitrogen and oxygen atoms in total. The Labute approximate surface area is 211 Å². The molecule has 1 aliphatic carbocycles. The van der Waals surface area contributed by atoms with Gasteiger partial charge in [-0.15, -0.1) is 0 Å². The standard InChI is InChI=1S/C27H29F5N2O3/c28-20-3-5-23(6-4-20)37-24-8-10-34(15-24)22-7-9-26(36-16-22,18-1-2-18)25(35)33-14-17-11-19(27(30,31)32)13-21(29)12-17/h3-6,11-13,18,22,24H,1-2,7-10,14-16H2,(H,33,35)/t22-,24-,26+/m1/s1. The van der Waals surface area contributed by atoms with Crippen molar-refractivity contribution in [2.24, 2.45) is 5.92 Å². The van der Waals surface area contributed by atoms with Crippen molar-refractivity contribution in [1.29, 1.82) is 0 Å². The summed E-state index contributed by atoms with van der Waals surface area (Å²) < 4.78 is 78.2. The van der Waals surface area contributed by atoms with Crippen molar-refractivity contribution >= 4 is 5.91 Å². The third-order valence-corrected chi connectivity index (χ3v) is 7.55. The molecule has 2 aromatic carbocycles. The average molecular weight is 525 g/mol. The lowest BCUT2D eigenvalue weighted by Gasteiger charge is -2.42. The minimum absolute atomic E-state index is 0.0169. The maximum absolute atomic E-state index is 13.7. The van der Waals surface area contributed by atoms with Gasteiger partial charge in [-0.25, -0.2) is 8.78 Å². The molecule has 2 aromatic rings. The summed E-state index contributed by atoms with van der Waals surface area (Å²) in [4.78, 5) is 15.5. The molecule has 1 saturated carbocycles. The first kappa shape index (κ1) is 25.9. The van der Waals surface area contributed by atoms with Gasteiger partial charge >= 0.3 is 6.18 Å². The molecule has 2 aliphatic heterocycles. The van der Waals surface area contributed by atoms with E-state index in [1.807, 2.05) is 0 Å². The molecule has 37 heavy (non-hydrogen) atoms. The molecule has 5 rings (SSSR count). The van der Waals surface area contributed by atoms with Crippen LogP contribution in [0.15, 0.2) is 42.5 Å². The average Bonchev–Trinajstić information content (AvgIpc) is 3.62. The van der Waals surface area contributed by atoms with E-state index in [1.165, 1.54) is 12.1 Å². The van der Waals surface area contributed by atoms with Crippen LogP contribution in [0.25, 0.3) is 0 Å². The summed E-state index contributed by atoms with van der Waals surface area (Å²) in [6.45, 7) is 1.68. The maximum Gasteiger partial charge on any atom is 0.416 e. The van der Waals surface area contributed by atoms with Crippen LogP contribution in [0, 0.1) is 17.6 Å². The molecular weight excluding hydrogens is 495 g/mol. The number of likely N-dealkylation sites (tertiary alicyclic amines) is 1. The van der Waals surface area contributed by atoms with E-state index in [9.17, 15) is 26.7 Å². The lowest BCUT2D eigenvalue weighted by Crippen LogP contribution is -2.56. The summed E-state index contributed by atoms with van der Waals surface area (Å²) in [5.74, 6) is -0.978. The van der Waals surface area contributed by atoms with E-state index in [0.29, 0.717) is 31.4 Å². The lowest BCUT2D eigenvalue weighted by atomic mass is 9.86. The van der Waals surface area contributed by atoms with Crippen LogP contribution in [-0.4, -0.2) is 48.3 Å². The number of carbonyl (C=O) groups is 1. The second-order valence-electron chi connectivity index (χ2n) is 10.2. The van der Waals surface area contributed by atoms with E-state index in [4.69, 9.17) is 9.47 Å². The van der Waals surface area contributed by atoms with Crippen LogP contribution in [0.4, 0.5) is 22.0 Å². The topological polar surface area (TPSA) is 50.8 Å². The fourth-order valence-electron chi connectivity index (χ4n) is 5.44. The molecule has 2 saturated heterocycles. The third kappa shape index (κ3) is 5.90. The van der Waals surface area contributed by atoms with Crippen molar-refractivity contribution in [1.82, 2.24) is 10.2 Å². The monoisotopic (exact) mass is 524 g/mol. The number of benzene rings is 2. The fourth-order valence-corrected chi connectivity index (χ4v) is 5.44. The van der Waals surface area contributed by atoms with Gasteiger partial charge in [0.1, 0.15) is 29.1 Å². The minimum Gasteiger partial charge on any atom is -0.489 e. The number of halogens is 5. The highest BCUT2D eigenvalue weighted by Crippen LogP contribution is 2.47. The zero-order valence-electron chi connectivity index (χ0n) is 20.2. The Balaban J connectivity index is 1.16. The summed E-state index contributed by atoms with van der Waals surface area (Å²) in [6.07, 6.45) is -0.902. The zero-order valence-corrected chi connectivity index (χ0v) is 20.2. The minimum atomic E-state index is -4.67. The van der Waals surface area contributed by atoms with Crippen molar-refractivity contribution in [3.8, 4) is 5.75 Å². The van der Waals surface area contributed by atoms with Gasteiger partial charge in [0.15, 0.2) is 0 Å². The Bertz CT molecular complexity index is 1110. The molecule has 0 unspecified atom stereocenters. The van der Waals surface area contributed by atoms with E-state index in [2.05, 4.69) is 10.2 Å². The smallest absolute Gasteiger partial charge is 0.416 e. The lowest BCUT2D eigenvalue weighted by molar-refractivity contribution is -0.164. The first-order chi connectivity index (χ1) is 17.6. The third-order valence-electron chi connectivity index (χ3n) is 7.55. The molecule has 2 heterocycles. The molecule has 0 bridgehead atoms. The largest absolute Gasteiger partial charge is 0.489 e. The second-order valence-corrected chi connectivity index (χ2v) is 10.2. The van der Waals surface area contributed by atoms with Crippen molar-refractivity contribution in [3.05, 3.63) is 65.2 Å². The fraction of sp³-hybridized carbons (Fsp3) is 0.519. The van der Waals surface area contributed by atoms with Crippen molar-refractivity contribution in [2.45, 2.75) is 62.6 Å². The van der Waals surface area contributed by atoms with Gasteiger partial charge in [-0.2, -0.15) is 13.2 Å². The van der Waals surface area contributed by atoms with Crippen molar-refractivity contribution in [2.75, 3.05) is 19.7 Å². The second kappa shape index (κ2) is 10.2. The molecule has 0 radical (unpaired) electrons. The highest BCUT2D eigenvalue weighted by atomic mass is 19.4. The number of hydrogen-bond donors (Lipinski definition) is 1. The quantitative estimate of drug-likeness (QED) is 0.514. The molecule has 1 amide bonds. The zero-order chi connectivity index (χ0) is 26.2. The predicted molar refractivity (Wildman–Crippen MR) is 125 cm³/mol. The maximum atomic E-state index is 13.7. The van der Waals surface area contributed by atoms with E-state index in [1.54, 1.807) is 12.1 Å². The number of rotatable bonds is 7. The van der Waals surface area contributed by atoms with Crippen LogP contribution in [0.5, 0.6) is 5.75 Å². The molecule has 10 heteroatoms. The Kier molecular flexibility index (Phi) is 7.15. The Hall–Kier alpha value is -2.72. The predicted octanol–water partition coefficient (Wildman–Crippen LogP) is 5.08. The first-order valence-corrected chi connectivity index (χ1v) is 12.6. The van der Waals surface area contributed by atoms with Gasteiger partial charge in [0.2, 0.25) is 0 Å². The SMILES string of the molecule is O=C(NCc1cc(F)cc(C(F)(F)F)c1)[C@@]1(C2CC2)CC[C@@H](N2CC[C@@H](Oc3ccc(F)cc3)C2)CO1. The normalized spacial score (nSPS) is 26.7. The number of nitrogens with zero attached hydrogens (tertiary/aromatic N) is 1. The van der Waals surface area contributed by atoms with E-state index < -0.39 is 23.2 Å². The van der Waals surface area contributed by atoms with Crippen LogP contribution in [0.3, 0.4) is 0 Å². The number of nitrogens with one attached hydrogen (secondary N) is 1. The summed E-state index contributed by atoms with van der Waals surface area (Å²) in [5, 5.41) is 2.70. The van der Waals surface area contributed by atoms with E-state index in [-0.39, 0.29) is 41.9 Å². The number of alkyl halides is 3. The Morgan fingerprint density at radius 3 is 2.46 bits per heavy atom. The van der Waals surface area contributed by atoms with Gasteiger partial charge in [0.25, 0.3) is 5.91 Å². The summed E-state index contributed by atoms with van der Waals surface area (Å²) in [7, 11) is 0. The highest BCUT2D eigenvalue weighted by Gasteiger charge is 2.54. The van der Waals surface area contributed by atoms with Crippen molar-refractivity contribution in [3.63, 3.8) is 0 Å². The molecular formula is C27H29F5N2O3. The molecule has 200 valence electrons. The number of hydrogen-bond acceptors (Lipinski definition) is 4.